The first-order chi connectivity index (χ1) is 24.4. The number of esters is 1. The summed E-state index contributed by atoms with van der Waals surface area (Å²) in [6, 6.07) is 9.51. The molecule has 0 aliphatic carbocycles. The van der Waals surface area contributed by atoms with Gasteiger partial charge in [0.05, 0.1) is 20.1 Å². The molecule has 2 rings (SSSR count). The van der Waals surface area contributed by atoms with E-state index in [-0.39, 0.29) is 42.5 Å². The Labute approximate surface area is 297 Å². The SMILES string of the molecule is CCC=CCC=CCC=CCC=CCC=CCC=CCCC(=O)Oc1ccc(C=CC(=O)CC(=O)C=Cc2ccc(O)c(OC)c2)cc1CO. The van der Waals surface area contributed by atoms with Crippen molar-refractivity contribution in [1.29, 1.82) is 0 Å². The van der Waals surface area contributed by atoms with Crippen molar-refractivity contribution in [3.05, 3.63) is 138 Å². The van der Waals surface area contributed by atoms with Crippen LogP contribution in [0.3, 0.4) is 0 Å². The van der Waals surface area contributed by atoms with E-state index in [1.165, 1.54) is 31.4 Å². The number of aromatic hydroxyl groups is 1. The highest BCUT2D eigenvalue weighted by molar-refractivity contribution is 6.10. The van der Waals surface area contributed by atoms with E-state index in [1.54, 1.807) is 36.4 Å². The van der Waals surface area contributed by atoms with Crippen molar-refractivity contribution < 1.29 is 34.1 Å². The Bertz CT molecular complexity index is 1600. The summed E-state index contributed by atoms with van der Waals surface area (Å²) in [7, 11) is 1.43. The summed E-state index contributed by atoms with van der Waals surface area (Å²) < 4.78 is 10.5. The van der Waals surface area contributed by atoms with E-state index >= 15 is 0 Å². The molecule has 0 spiro atoms. The standard InChI is InChI=1S/C43H50O7/c1-3-4-5-6-7-8-9-10-11-12-13-14-15-16-17-18-19-20-21-22-43(48)50-41-30-26-35(31-37(41)34-44)23-27-38(45)33-39(46)28-24-36-25-29-40(47)42(32-36)49-2/h4-5,7-8,10-11,13-14,16-17,19-20,23-32,44,47H,3,6,9,12,15,18,21-22,33-34H2,1-2H3. The van der Waals surface area contributed by atoms with E-state index in [1.807, 2.05) is 12.2 Å². The molecule has 264 valence electrons. The van der Waals surface area contributed by atoms with Gasteiger partial charge in [-0.3, -0.25) is 14.4 Å². The first-order valence-electron chi connectivity index (χ1n) is 17.0. The van der Waals surface area contributed by atoms with Gasteiger partial charge in [0.1, 0.15) is 5.75 Å². The molecule has 0 heterocycles. The van der Waals surface area contributed by atoms with Crippen LogP contribution < -0.4 is 9.47 Å². The number of hydrogen-bond donors (Lipinski definition) is 2. The van der Waals surface area contributed by atoms with Crippen molar-refractivity contribution in [2.75, 3.05) is 7.11 Å². The van der Waals surface area contributed by atoms with Crippen LogP contribution in [-0.4, -0.2) is 34.9 Å². The molecule has 2 aromatic rings. The maximum atomic E-state index is 12.4. The molecular formula is C43H50O7. The van der Waals surface area contributed by atoms with Gasteiger partial charge in [0.25, 0.3) is 0 Å². The normalized spacial score (nSPS) is 12.4. The number of phenols is 1. The van der Waals surface area contributed by atoms with E-state index in [0.717, 1.165) is 38.5 Å². The van der Waals surface area contributed by atoms with Gasteiger partial charge in [-0.2, -0.15) is 0 Å². The van der Waals surface area contributed by atoms with Crippen molar-refractivity contribution in [3.8, 4) is 17.2 Å². The third-order valence-electron chi connectivity index (χ3n) is 7.07. The van der Waals surface area contributed by atoms with Crippen LogP contribution >= 0.6 is 0 Å². The lowest BCUT2D eigenvalue weighted by Crippen LogP contribution is -2.09. The minimum Gasteiger partial charge on any atom is -0.504 e. The number of phenolic OH excluding ortho intramolecular Hbond substituents is 1. The van der Waals surface area contributed by atoms with Crippen molar-refractivity contribution in [3.63, 3.8) is 0 Å². The van der Waals surface area contributed by atoms with Crippen molar-refractivity contribution in [2.45, 2.75) is 71.3 Å². The molecule has 7 heteroatoms. The van der Waals surface area contributed by atoms with Crippen LogP contribution in [0.5, 0.6) is 17.2 Å². The van der Waals surface area contributed by atoms with Gasteiger partial charge >= 0.3 is 5.97 Å². The fourth-order valence-electron chi connectivity index (χ4n) is 4.41. The molecule has 0 atom stereocenters. The molecule has 0 aliphatic heterocycles. The summed E-state index contributed by atoms with van der Waals surface area (Å²) >= 11 is 0. The number of ketones is 2. The molecule has 0 aromatic heterocycles. The van der Waals surface area contributed by atoms with Crippen LogP contribution in [0.1, 0.15) is 81.4 Å². The van der Waals surface area contributed by atoms with Gasteiger partial charge in [-0.1, -0.05) is 104 Å². The quantitative estimate of drug-likeness (QED) is 0.0396. The summed E-state index contributed by atoms with van der Waals surface area (Å²) in [5.74, 6) is -0.649. The van der Waals surface area contributed by atoms with Gasteiger partial charge in [0.2, 0.25) is 0 Å². The summed E-state index contributed by atoms with van der Waals surface area (Å²) in [4.78, 5) is 36.9. The van der Waals surface area contributed by atoms with Crippen molar-refractivity contribution in [2.24, 2.45) is 0 Å². The molecule has 0 saturated heterocycles. The fourth-order valence-corrected chi connectivity index (χ4v) is 4.41. The first kappa shape index (κ1) is 40.9. The van der Waals surface area contributed by atoms with Gasteiger partial charge in [-0.25, -0.2) is 0 Å². The topological polar surface area (TPSA) is 110 Å². The predicted molar refractivity (Wildman–Crippen MR) is 203 cm³/mol. The third kappa shape index (κ3) is 18.3. The third-order valence-corrected chi connectivity index (χ3v) is 7.07. The lowest BCUT2D eigenvalue weighted by atomic mass is 10.1. The van der Waals surface area contributed by atoms with Crippen LogP contribution in [0.4, 0.5) is 0 Å². The summed E-state index contributed by atoms with van der Waals surface area (Å²) in [6.45, 7) is 1.79. The smallest absolute Gasteiger partial charge is 0.311 e. The molecule has 0 radical (unpaired) electrons. The molecule has 0 saturated carbocycles. The summed E-state index contributed by atoms with van der Waals surface area (Å²) in [6.07, 6.45) is 37.3. The Kier molecular flexibility index (Phi) is 21.0. The van der Waals surface area contributed by atoms with Crippen LogP contribution in [0, 0.1) is 0 Å². The fraction of sp³-hybridized carbons (Fsp3) is 0.279. The number of hydrogen-bond acceptors (Lipinski definition) is 7. The number of carbonyl (C=O) groups excluding carboxylic acids is 3. The zero-order chi connectivity index (χ0) is 36.2. The van der Waals surface area contributed by atoms with Gasteiger partial charge in [-0.05, 0) is 92.5 Å². The minimum atomic E-state index is -0.407. The molecule has 7 nitrogen and oxygen atoms in total. The zero-order valence-corrected chi connectivity index (χ0v) is 29.2. The number of allylic oxidation sites excluding steroid dienone is 14. The highest BCUT2D eigenvalue weighted by Crippen LogP contribution is 2.27. The lowest BCUT2D eigenvalue weighted by Gasteiger charge is -2.09. The number of benzene rings is 2. The number of ether oxygens (including phenoxy) is 2. The summed E-state index contributed by atoms with van der Waals surface area (Å²) in [5.41, 5.74) is 1.66. The van der Waals surface area contributed by atoms with E-state index < -0.39 is 11.8 Å². The first-order valence-corrected chi connectivity index (χ1v) is 17.0. The molecule has 0 aliphatic rings. The molecular weight excluding hydrogens is 628 g/mol. The second-order valence-corrected chi connectivity index (χ2v) is 11.2. The Balaban J connectivity index is 1.67. The average Bonchev–Trinajstić information content (AvgIpc) is 3.11. The van der Waals surface area contributed by atoms with Crippen LogP contribution in [-0.2, 0) is 21.0 Å². The summed E-state index contributed by atoms with van der Waals surface area (Å²) in [5, 5.41) is 19.5. The van der Waals surface area contributed by atoms with Gasteiger partial charge in [0.15, 0.2) is 23.1 Å². The molecule has 0 fully saturated rings. The van der Waals surface area contributed by atoms with Gasteiger partial charge in [0, 0.05) is 12.0 Å². The Hall–Kier alpha value is -5.27. The van der Waals surface area contributed by atoms with Crippen molar-refractivity contribution in [1.82, 2.24) is 0 Å². The predicted octanol–water partition coefficient (Wildman–Crippen LogP) is 9.53. The molecule has 0 amide bonds. The molecule has 0 unspecified atom stereocenters. The van der Waals surface area contributed by atoms with Crippen LogP contribution in [0.15, 0.2) is 121 Å². The largest absolute Gasteiger partial charge is 0.504 e. The van der Waals surface area contributed by atoms with Crippen molar-refractivity contribution >= 4 is 29.7 Å². The van der Waals surface area contributed by atoms with Crippen LogP contribution in [0.2, 0.25) is 0 Å². The number of methoxy groups -OCH3 is 1. The number of aliphatic hydroxyl groups excluding tert-OH is 1. The monoisotopic (exact) mass is 678 g/mol. The Morgan fingerprint density at radius 3 is 1.68 bits per heavy atom. The number of carbonyl (C=O) groups is 3. The molecule has 0 bridgehead atoms. The number of rotatable bonds is 23. The minimum absolute atomic E-state index is 0.0105. The molecule has 2 N–H and O–H groups in total. The Morgan fingerprint density at radius 1 is 0.660 bits per heavy atom. The second kappa shape index (κ2) is 25.7. The highest BCUT2D eigenvalue weighted by atomic mass is 16.5. The van der Waals surface area contributed by atoms with E-state index in [0.29, 0.717) is 23.1 Å². The molecule has 50 heavy (non-hydrogen) atoms. The Morgan fingerprint density at radius 2 is 1.16 bits per heavy atom. The number of aliphatic hydroxyl groups is 1. The lowest BCUT2D eigenvalue weighted by molar-refractivity contribution is -0.134. The van der Waals surface area contributed by atoms with E-state index in [2.05, 4.69) is 67.7 Å². The highest BCUT2D eigenvalue weighted by Gasteiger charge is 2.10. The van der Waals surface area contributed by atoms with E-state index in [9.17, 15) is 24.6 Å². The van der Waals surface area contributed by atoms with Crippen LogP contribution in [0.25, 0.3) is 12.2 Å². The van der Waals surface area contributed by atoms with Gasteiger partial charge < -0.3 is 19.7 Å². The maximum Gasteiger partial charge on any atom is 0.311 e. The van der Waals surface area contributed by atoms with E-state index in [4.69, 9.17) is 9.47 Å². The maximum absolute atomic E-state index is 12.4. The molecule has 2 aromatic carbocycles. The zero-order valence-electron chi connectivity index (χ0n) is 29.2. The second-order valence-electron chi connectivity index (χ2n) is 11.2. The average molecular weight is 679 g/mol. The van der Waals surface area contributed by atoms with Gasteiger partial charge in [-0.15, -0.1) is 0 Å².